The molecule has 0 spiro atoms. The molecule has 0 saturated carbocycles. The predicted octanol–water partition coefficient (Wildman–Crippen LogP) is 6.36. The summed E-state index contributed by atoms with van der Waals surface area (Å²) in [5, 5.41) is 4.04. The van der Waals surface area contributed by atoms with Crippen molar-refractivity contribution < 1.29 is 42.6 Å². The minimum atomic E-state index is -5.48. The Morgan fingerprint density at radius 1 is 1.05 bits per heavy atom. The smallest absolute Gasteiger partial charge is 0.324 e. The van der Waals surface area contributed by atoms with Gasteiger partial charge >= 0.3 is 6.18 Å². The number of benzene rings is 2. The number of carbonyl (C=O) groups excluding carboxylic acids is 1. The van der Waals surface area contributed by atoms with Gasteiger partial charge in [0.1, 0.15) is 0 Å². The lowest BCUT2D eigenvalue weighted by Crippen LogP contribution is -2.14. The van der Waals surface area contributed by atoms with E-state index in [0.29, 0.717) is 17.1 Å². The second-order valence-electron chi connectivity index (χ2n) is 7.31. The summed E-state index contributed by atoms with van der Waals surface area (Å²) in [4.78, 5) is 28.5. The third kappa shape index (κ3) is 5.93. The van der Waals surface area contributed by atoms with E-state index in [1.54, 1.807) is 0 Å². The summed E-state index contributed by atoms with van der Waals surface area (Å²) in [5.74, 6) is -2.59. The molecule has 3 aromatic heterocycles. The number of aromatic nitrogens is 5. The average Bonchev–Trinajstić information content (AvgIpc) is 3.56. The Morgan fingerprint density at radius 2 is 1.95 bits per heavy atom. The Morgan fingerprint density at radius 3 is 2.74 bits per heavy atom. The molecule has 0 fully saturated rings. The van der Waals surface area contributed by atoms with E-state index >= 15 is 0 Å². The van der Waals surface area contributed by atoms with Crippen LogP contribution in [-0.4, -0.2) is 30.4 Å². The fourth-order valence-corrected chi connectivity index (χ4v) is 2.94. The summed E-state index contributed by atoms with van der Waals surface area (Å²) in [5.41, 5.74) is -9.56. The van der Waals surface area contributed by atoms with E-state index in [-0.39, 0.29) is 0 Å². The molecule has 0 aliphatic heterocycles. The standard InChI is InChI=1S/C28H22F3N7O/c1-17-5-6-19(10-25(17)37-27-33-9-7-24(36-27)20-4-3-8-32-14-20)26(39)35-22-11-21(28(29,30)31)12-23(13-22)38-15-18(2)34-16-38/h3-16H,1-2H3,(H,35,39)(H,33,36,37)/i1D3,2D3,3D,4D,5D,6D,7D,8D,9D,10D,11D,12D,13D,14D. The molecule has 2 N–H and O–H groups in total. The maximum Gasteiger partial charge on any atom is 0.416 e. The molecule has 0 radical (unpaired) electrons. The Labute approximate surface area is 246 Å². The second-order valence-corrected chi connectivity index (χ2v) is 7.31. The van der Waals surface area contributed by atoms with Crippen molar-refractivity contribution in [2.45, 2.75) is 19.9 Å². The number of anilines is 3. The summed E-state index contributed by atoms with van der Waals surface area (Å²) in [7, 11) is 0. The van der Waals surface area contributed by atoms with Gasteiger partial charge in [-0.1, -0.05) is 6.04 Å². The van der Waals surface area contributed by atoms with Crippen molar-refractivity contribution in [3.05, 3.63) is 108 Å². The zero-order valence-corrected chi connectivity index (χ0v) is 18.9. The first-order valence-corrected chi connectivity index (χ1v) is 10.4. The molecule has 39 heavy (non-hydrogen) atoms. The van der Waals surface area contributed by atoms with Gasteiger partial charge in [-0.15, -0.1) is 0 Å². The first-order chi connectivity index (χ1) is 26.1. The van der Waals surface area contributed by atoms with Gasteiger partial charge in [-0.2, -0.15) is 13.2 Å². The monoisotopic (exact) mass is 547 g/mol. The third-order valence-corrected chi connectivity index (χ3v) is 4.63. The SMILES string of the molecule is [2H]c1nc(Nc2c([2H])c(C(=O)Nc3c([2H])c(-n4cnc(C([2H])([2H])[2H])c4)c([2H])c(C(F)(F)F)c3[2H])c([2H])c([2H])c2C([2H])([2H])[2H])nc(-c2c([2H])nc([2H])c([2H])c2[2H])c1[2H]. The van der Waals surface area contributed by atoms with Crippen molar-refractivity contribution >= 4 is 23.2 Å². The number of imidazole rings is 1. The highest BCUT2D eigenvalue weighted by Gasteiger charge is 2.31. The zero-order chi connectivity index (χ0) is 43.0. The number of hydrogen-bond donors (Lipinski definition) is 2. The number of rotatable bonds is 6. The number of halogens is 3. The molecule has 5 rings (SSSR count). The quantitative estimate of drug-likeness (QED) is 0.257. The number of hydrogen-bond acceptors (Lipinski definition) is 6. The van der Waals surface area contributed by atoms with Crippen LogP contribution in [0.2, 0.25) is 0 Å². The molecule has 196 valence electrons. The van der Waals surface area contributed by atoms with E-state index in [0.717, 1.165) is 0 Å². The summed E-state index contributed by atoms with van der Waals surface area (Å²) in [6.45, 7) is -6.24. The molecule has 1 amide bonds. The van der Waals surface area contributed by atoms with Crippen LogP contribution in [0.5, 0.6) is 0 Å². The number of pyridine rings is 1. The number of carbonyl (C=O) groups is 1. The van der Waals surface area contributed by atoms with Crippen LogP contribution >= 0.6 is 0 Å². The Hall–Kier alpha value is -5.06. The molecular weight excluding hydrogens is 507 g/mol. The average molecular weight is 548 g/mol. The molecule has 8 nitrogen and oxygen atoms in total. The van der Waals surface area contributed by atoms with Crippen LogP contribution in [0.15, 0.2) is 85.4 Å². The molecule has 0 bridgehead atoms. The highest BCUT2D eigenvalue weighted by molar-refractivity contribution is 6.05. The van der Waals surface area contributed by atoms with Crippen molar-refractivity contribution in [2.24, 2.45) is 0 Å². The molecule has 2 aromatic carbocycles. The van der Waals surface area contributed by atoms with Crippen LogP contribution in [0.3, 0.4) is 0 Å². The molecule has 0 saturated heterocycles. The molecule has 5 aromatic rings. The summed E-state index contributed by atoms with van der Waals surface area (Å²) >= 11 is 0. The fraction of sp³-hybridized carbons (Fsp3) is 0.107. The summed E-state index contributed by atoms with van der Waals surface area (Å²) in [6.07, 6.45) is -6.64. The molecule has 3 heterocycles. The van der Waals surface area contributed by atoms with E-state index in [1.807, 2.05) is 5.32 Å². The summed E-state index contributed by atoms with van der Waals surface area (Å²) < 4.78 is 189. The van der Waals surface area contributed by atoms with E-state index in [4.69, 9.17) is 24.7 Å². The lowest BCUT2D eigenvalue weighted by molar-refractivity contribution is -0.137. The van der Waals surface area contributed by atoms with E-state index < -0.39 is 155 Å². The molecule has 0 aliphatic carbocycles. The number of aryl methyl sites for hydroxylation is 1. The second kappa shape index (κ2) is 10.4. The van der Waals surface area contributed by atoms with E-state index in [2.05, 4.69) is 25.3 Å². The van der Waals surface area contributed by atoms with Gasteiger partial charge in [-0.05, 0) is 67.6 Å². The van der Waals surface area contributed by atoms with Crippen LogP contribution in [-0.2, 0) is 6.18 Å². The molecule has 11 heteroatoms. The van der Waals surface area contributed by atoms with Crippen LogP contribution in [0.25, 0.3) is 16.9 Å². The van der Waals surface area contributed by atoms with Crippen molar-refractivity contribution in [1.82, 2.24) is 24.5 Å². The van der Waals surface area contributed by atoms with Gasteiger partial charge in [0.15, 0.2) is 0 Å². The van der Waals surface area contributed by atoms with Gasteiger partial charge in [0.2, 0.25) is 5.95 Å². The molecular formula is C28H22F3N7O. The fourth-order valence-electron chi connectivity index (χ4n) is 2.94. The first kappa shape index (κ1) is 11.8. The van der Waals surface area contributed by atoms with Crippen molar-refractivity contribution in [1.29, 1.82) is 0 Å². The minimum absolute atomic E-state index is 0.574. The third-order valence-electron chi connectivity index (χ3n) is 4.63. The zero-order valence-electron chi connectivity index (χ0n) is 36.9. The maximum absolute atomic E-state index is 14.3. The van der Waals surface area contributed by atoms with Gasteiger partial charge in [0.05, 0.1) is 39.7 Å². The molecule has 0 atom stereocenters. The largest absolute Gasteiger partial charge is 0.416 e. The van der Waals surface area contributed by atoms with E-state index in [1.165, 1.54) is 0 Å². The minimum Gasteiger partial charge on any atom is -0.324 e. The van der Waals surface area contributed by atoms with Gasteiger partial charge in [-0.3, -0.25) is 9.78 Å². The van der Waals surface area contributed by atoms with Crippen LogP contribution in [0, 0.1) is 13.7 Å². The maximum atomic E-state index is 14.3. The van der Waals surface area contributed by atoms with Gasteiger partial charge in [0.25, 0.3) is 5.91 Å². The van der Waals surface area contributed by atoms with Crippen LogP contribution in [0.4, 0.5) is 30.5 Å². The highest BCUT2D eigenvalue weighted by atomic mass is 19.4. The van der Waals surface area contributed by atoms with Crippen molar-refractivity contribution in [2.75, 3.05) is 10.6 Å². The Bertz CT molecular complexity index is 2500. The number of alkyl halides is 3. The summed E-state index contributed by atoms with van der Waals surface area (Å²) in [6, 6.07) is -10.5. The normalized spacial score (nSPS) is 18.5. The number of nitrogens with zero attached hydrogens (tertiary/aromatic N) is 5. The lowest BCUT2D eigenvalue weighted by atomic mass is 10.1. The topological polar surface area (TPSA) is 97.6 Å². The number of nitrogens with one attached hydrogen (secondary N) is 2. The van der Waals surface area contributed by atoms with E-state index in [9.17, 15) is 18.0 Å². The van der Waals surface area contributed by atoms with Gasteiger partial charge in [0, 0.05) is 61.1 Å². The number of amides is 1. The molecule has 0 unspecified atom stereocenters. The van der Waals surface area contributed by atoms with Crippen molar-refractivity contribution in [3.8, 4) is 16.9 Å². The van der Waals surface area contributed by atoms with Gasteiger partial charge in [-0.25, -0.2) is 15.0 Å². The predicted molar refractivity (Wildman–Crippen MR) is 141 cm³/mol. The molecule has 0 aliphatic rings. The van der Waals surface area contributed by atoms with Crippen molar-refractivity contribution in [3.63, 3.8) is 0 Å². The van der Waals surface area contributed by atoms with Crippen LogP contribution < -0.4 is 10.6 Å². The van der Waals surface area contributed by atoms with Gasteiger partial charge < -0.3 is 15.2 Å². The Balaban J connectivity index is 1.72. The lowest BCUT2D eigenvalue weighted by Gasteiger charge is -2.14. The highest BCUT2D eigenvalue weighted by Crippen LogP contribution is 2.33. The van der Waals surface area contributed by atoms with Crippen LogP contribution in [0.1, 0.15) is 51.9 Å². The first-order valence-electron chi connectivity index (χ1n) is 19.4. The Kier molecular flexibility index (Phi) is 3.13.